The monoisotopic (exact) mass is 309 g/mol. The number of ether oxygens (including phenoxy) is 1. The van der Waals surface area contributed by atoms with Gasteiger partial charge in [-0.15, -0.1) is 0 Å². The summed E-state index contributed by atoms with van der Waals surface area (Å²) < 4.78 is 18.5. The van der Waals surface area contributed by atoms with Crippen LogP contribution in [-0.2, 0) is 10.8 Å². The topological polar surface area (TPSA) is 38.3 Å². The lowest BCUT2D eigenvalue weighted by Crippen LogP contribution is -2.41. The molecule has 0 bridgehead atoms. The molecule has 0 saturated heterocycles. The van der Waals surface area contributed by atoms with Crippen LogP contribution in [0.25, 0.3) is 0 Å². The first-order chi connectivity index (χ1) is 10.3. The number of para-hydroxylation sites is 1. The number of rotatable bonds is 6. The molecule has 0 aromatic heterocycles. The third kappa shape index (κ3) is 4.30. The molecule has 1 fully saturated rings. The van der Waals surface area contributed by atoms with Crippen LogP contribution in [0.5, 0.6) is 5.75 Å². The zero-order valence-corrected chi connectivity index (χ0v) is 14.0. The Kier molecular flexibility index (Phi) is 6.71. The summed E-state index contributed by atoms with van der Waals surface area (Å²) in [6, 6.07) is 8.08. The molecule has 1 saturated carbocycles. The van der Waals surface area contributed by atoms with Crippen LogP contribution in [0.3, 0.4) is 0 Å². The smallest absolute Gasteiger partial charge is 0.134 e. The highest BCUT2D eigenvalue weighted by Gasteiger charge is 2.30. The third-order valence-electron chi connectivity index (χ3n) is 4.17. The molecule has 0 aliphatic heterocycles. The molecule has 3 nitrogen and oxygen atoms in total. The fourth-order valence-electron chi connectivity index (χ4n) is 3.04. The van der Waals surface area contributed by atoms with E-state index >= 15 is 0 Å². The van der Waals surface area contributed by atoms with Gasteiger partial charge in [0, 0.05) is 6.04 Å². The van der Waals surface area contributed by atoms with E-state index in [9.17, 15) is 4.21 Å². The predicted octanol–water partition coefficient (Wildman–Crippen LogP) is 3.50. The molecule has 1 aliphatic rings. The van der Waals surface area contributed by atoms with E-state index in [4.69, 9.17) is 4.74 Å². The van der Waals surface area contributed by atoms with Gasteiger partial charge in [-0.2, -0.15) is 0 Å². The van der Waals surface area contributed by atoms with E-state index in [0.717, 1.165) is 36.5 Å². The highest BCUT2D eigenvalue weighted by atomic mass is 32.2. The van der Waals surface area contributed by atoms with Crippen molar-refractivity contribution < 1.29 is 8.95 Å². The molecule has 1 N–H and O–H groups in total. The second-order valence-electron chi connectivity index (χ2n) is 5.69. The molecule has 0 spiro atoms. The molecule has 21 heavy (non-hydrogen) atoms. The van der Waals surface area contributed by atoms with Crippen LogP contribution in [0.1, 0.15) is 45.4 Å². The number of hydrogen-bond acceptors (Lipinski definition) is 3. The zero-order chi connectivity index (χ0) is 15.1. The molecule has 3 atom stereocenters. The number of hydrogen-bond donors (Lipinski definition) is 1. The Morgan fingerprint density at radius 2 is 2.00 bits per heavy atom. The minimum atomic E-state index is -1.01. The highest BCUT2D eigenvalue weighted by Crippen LogP contribution is 2.30. The Morgan fingerprint density at radius 1 is 1.24 bits per heavy atom. The largest absolute Gasteiger partial charge is 0.495 e. The first-order valence-electron chi connectivity index (χ1n) is 8.05. The van der Waals surface area contributed by atoms with Crippen LogP contribution >= 0.6 is 0 Å². The van der Waals surface area contributed by atoms with Crippen molar-refractivity contribution in [1.29, 1.82) is 0 Å². The summed E-state index contributed by atoms with van der Waals surface area (Å²) in [5.41, 5.74) is 0. The van der Waals surface area contributed by atoms with Crippen molar-refractivity contribution in [3.63, 3.8) is 0 Å². The van der Waals surface area contributed by atoms with Gasteiger partial charge in [0.1, 0.15) is 5.75 Å². The van der Waals surface area contributed by atoms with Crippen molar-refractivity contribution in [2.75, 3.05) is 13.7 Å². The number of benzene rings is 1. The maximum Gasteiger partial charge on any atom is 0.134 e. The number of methoxy groups -OCH3 is 1. The van der Waals surface area contributed by atoms with E-state index in [1.165, 1.54) is 19.3 Å². The second kappa shape index (κ2) is 8.54. The van der Waals surface area contributed by atoms with Crippen LogP contribution in [0, 0.1) is 0 Å². The summed E-state index contributed by atoms with van der Waals surface area (Å²) >= 11 is 0. The van der Waals surface area contributed by atoms with Crippen LogP contribution < -0.4 is 10.1 Å². The Hall–Kier alpha value is -0.870. The van der Waals surface area contributed by atoms with Crippen LogP contribution in [0.4, 0.5) is 0 Å². The van der Waals surface area contributed by atoms with E-state index in [1.807, 2.05) is 24.3 Å². The highest BCUT2D eigenvalue weighted by molar-refractivity contribution is 7.85. The summed E-state index contributed by atoms with van der Waals surface area (Å²) in [5, 5.41) is 3.81. The maximum absolute atomic E-state index is 13.1. The quantitative estimate of drug-likeness (QED) is 0.817. The molecular weight excluding hydrogens is 282 g/mol. The lowest BCUT2D eigenvalue weighted by Gasteiger charge is -2.26. The molecule has 3 unspecified atom stereocenters. The third-order valence-corrected chi connectivity index (χ3v) is 6.05. The molecule has 118 valence electrons. The van der Waals surface area contributed by atoms with Gasteiger partial charge in [-0.25, -0.2) is 0 Å². The average molecular weight is 309 g/mol. The standard InChI is InChI=1S/C17H27NO2S/c1-3-13-18-14-9-5-4-6-11-16(14)21(19)17-12-8-7-10-15(17)20-2/h7-8,10,12,14,16,18H,3-6,9,11,13H2,1-2H3. The first kappa shape index (κ1) is 16.5. The maximum atomic E-state index is 13.1. The van der Waals surface area contributed by atoms with Gasteiger partial charge in [-0.1, -0.05) is 38.3 Å². The van der Waals surface area contributed by atoms with Crippen LogP contribution in [0.2, 0.25) is 0 Å². The Balaban J connectivity index is 2.20. The van der Waals surface area contributed by atoms with E-state index in [2.05, 4.69) is 12.2 Å². The van der Waals surface area contributed by atoms with E-state index in [0.29, 0.717) is 6.04 Å². The number of nitrogens with one attached hydrogen (secondary N) is 1. The van der Waals surface area contributed by atoms with Crippen molar-refractivity contribution in [2.45, 2.75) is 61.6 Å². The molecule has 0 amide bonds. The molecule has 1 aromatic rings. The van der Waals surface area contributed by atoms with Crippen molar-refractivity contribution in [1.82, 2.24) is 5.32 Å². The first-order valence-corrected chi connectivity index (χ1v) is 9.26. The summed E-state index contributed by atoms with van der Waals surface area (Å²) in [5.74, 6) is 0.745. The van der Waals surface area contributed by atoms with Gasteiger partial charge in [0.25, 0.3) is 0 Å². The Bertz CT molecular complexity index is 464. The summed E-state index contributed by atoms with van der Waals surface area (Å²) in [6.07, 6.45) is 6.95. The van der Waals surface area contributed by atoms with Crippen LogP contribution in [0.15, 0.2) is 29.2 Å². The van der Waals surface area contributed by atoms with Gasteiger partial charge in [0.05, 0.1) is 28.1 Å². The van der Waals surface area contributed by atoms with Gasteiger partial charge >= 0.3 is 0 Å². The molecule has 0 radical (unpaired) electrons. The molecule has 0 heterocycles. The predicted molar refractivity (Wildman–Crippen MR) is 88.4 cm³/mol. The van der Waals surface area contributed by atoms with E-state index < -0.39 is 10.8 Å². The summed E-state index contributed by atoms with van der Waals surface area (Å²) in [6.45, 7) is 3.18. The normalized spacial score (nSPS) is 24.3. The SMILES string of the molecule is CCCNC1CCCCCC1S(=O)c1ccccc1OC. The van der Waals surface area contributed by atoms with Crippen molar-refractivity contribution >= 4 is 10.8 Å². The van der Waals surface area contributed by atoms with E-state index in [1.54, 1.807) is 7.11 Å². The Labute approximate surface area is 130 Å². The Morgan fingerprint density at radius 3 is 2.76 bits per heavy atom. The van der Waals surface area contributed by atoms with Gasteiger partial charge in [-0.3, -0.25) is 4.21 Å². The lowest BCUT2D eigenvalue weighted by atomic mass is 10.1. The minimum Gasteiger partial charge on any atom is -0.495 e. The van der Waals surface area contributed by atoms with Gasteiger partial charge in [0.15, 0.2) is 0 Å². The second-order valence-corrected chi connectivity index (χ2v) is 7.33. The summed E-state index contributed by atoms with van der Waals surface area (Å²) in [4.78, 5) is 0.843. The molecule has 2 rings (SSSR count). The van der Waals surface area contributed by atoms with Crippen LogP contribution in [-0.4, -0.2) is 29.2 Å². The zero-order valence-electron chi connectivity index (χ0n) is 13.1. The average Bonchev–Trinajstić information content (AvgIpc) is 2.77. The molecular formula is C17H27NO2S. The minimum absolute atomic E-state index is 0.190. The van der Waals surface area contributed by atoms with Crippen molar-refractivity contribution in [3.8, 4) is 5.75 Å². The van der Waals surface area contributed by atoms with Crippen molar-refractivity contribution in [3.05, 3.63) is 24.3 Å². The van der Waals surface area contributed by atoms with Gasteiger partial charge in [0.2, 0.25) is 0 Å². The van der Waals surface area contributed by atoms with E-state index in [-0.39, 0.29) is 5.25 Å². The lowest BCUT2D eigenvalue weighted by molar-refractivity contribution is 0.403. The summed E-state index contributed by atoms with van der Waals surface area (Å²) in [7, 11) is 0.635. The molecule has 1 aliphatic carbocycles. The van der Waals surface area contributed by atoms with Crippen molar-refractivity contribution in [2.24, 2.45) is 0 Å². The van der Waals surface area contributed by atoms with Gasteiger partial charge < -0.3 is 10.1 Å². The molecule has 4 heteroatoms. The molecule has 1 aromatic carbocycles. The fraction of sp³-hybridized carbons (Fsp3) is 0.647. The fourth-order valence-corrected chi connectivity index (χ4v) is 4.84. The van der Waals surface area contributed by atoms with Gasteiger partial charge in [-0.05, 0) is 37.9 Å².